The number of nitrogens with one attached hydrogen (secondary N) is 1. The second kappa shape index (κ2) is 7.78. The summed E-state index contributed by atoms with van der Waals surface area (Å²) in [5.41, 5.74) is 6.77. The zero-order valence-electron chi connectivity index (χ0n) is 12.9. The van der Waals surface area contributed by atoms with Crippen LogP contribution in [0.2, 0.25) is 0 Å². The summed E-state index contributed by atoms with van der Waals surface area (Å²) in [5, 5.41) is 3.99. The van der Waals surface area contributed by atoms with Crippen LogP contribution >= 0.6 is 23.1 Å². The molecule has 4 nitrogen and oxygen atoms in total. The number of hydrogen-bond acceptors (Lipinski definition) is 5. The first-order valence-corrected chi connectivity index (χ1v) is 8.92. The summed E-state index contributed by atoms with van der Waals surface area (Å²) in [6.07, 6.45) is 2.92. The van der Waals surface area contributed by atoms with Gasteiger partial charge in [-0.25, -0.2) is 0 Å². The van der Waals surface area contributed by atoms with Gasteiger partial charge in [0.15, 0.2) is 0 Å². The van der Waals surface area contributed by atoms with E-state index in [1.807, 2.05) is 13.2 Å². The number of nitrogens with zero attached hydrogens (tertiary/aromatic N) is 1. The fraction of sp³-hybridized carbons (Fsp3) is 0.643. The quantitative estimate of drug-likeness (QED) is 0.758. The van der Waals surface area contributed by atoms with Crippen molar-refractivity contribution >= 4 is 39.7 Å². The fourth-order valence-electron chi connectivity index (χ4n) is 1.98. The van der Waals surface area contributed by atoms with Crippen molar-refractivity contribution in [2.24, 2.45) is 5.92 Å². The minimum absolute atomic E-state index is 0.0613. The Morgan fingerprint density at radius 3 is 2.65 bits per heavy atom. The SMILES string of the molecule is CCCNC(=O)c1sc(N(C)CC(C)C)c(SC)c1N. The first-order chi connectivity index (χ1) is 9.42. The molecule has 114 valence electrons. The lowest BCUT2D eigenvalue weighted by Gasteiger charge is -2.20. The molecule has 20 heavy (non-hydrogen) atoms. The highest BCUT2D eigenvalue weighted by Gasteiger charge is 2.22. The average molecular weight is 316 g/mol. The van der Waals surface area contributed by atoms with Crippen LogP contribution in [0, 0.1) is 5.92 Å². The van der Waals surface area contributed by atoms with Gasteiger partial charge >= 0.3 is 0 Å². The third-order valence-corrected chi connectivity index (χ3v) is 5.08. The average Bonchev–Trinajstić information content (AvgIpc) is 2.72. The molecule has 1 aromatic rings. The van der Waals surface area contributed by atoms with Gasteiger partial charge in [-0.05, 0) is 18.6 Å². The molecule has 1 aromatic heterocycles. The van der Waals surface area contributed by atoms with Gasteiger partial charge in [-0.3, -0.25) is 4.79 Å². The number of carbonyl (C=O) groups is 1. The largest absolute Gasteiger partial charge is 0.396 e. The maximum atomic E-state index is 12.1. The van der Waals surface area contributed by atoms with Crippen LogP contribution in [-0.2, 0) is 0 Å². The van der Waals surface area contributed by atoms with Crippen molar-refractivity contribution in [3.63, 3.8) is 0 Å². The summed E-state index contributed by atoms with van der Waals surface area (Å²) >= 11 is 3.09. The predicted octanol–water partition coefficient (Wildman–Crippen LogP) is 3.28. The molecule has 0 radical (unpaired) electrons. The Morgan fingerprint density at radius 2 is 2.15 bits per heavy atom. The van der Waals surface area contributed by atoms with Crippen molar-refractivity contribution in [2.45, 2.75) is 32.1 Å². The molecule has 0 spiro atoms. The number of anilines is 2. The van der Waals surface area contributed by atoms with Crippen molar-refractivity contribution in [1.29, 1.82) is 0 Å². The van der Waals surface area contributed by atoms with Crippen LogP contribution in [-0.4, -0.2) is 32.3 Å². The van der Waals surface area contributed by atoms with Gasteiger partial charge in [0.05, 0.1) is 10.6 Å². The predicted molar refractivity (Wildman–Crippen MR) is 91.2 cm³/mol. The summed E-state index contributed by atoms with van der Waals surface area (Å²) in [4.78, 5) is 16.0. The first kappa shape index (κ1) is 17.2. The van der Waals surface area contributed by atoms with Crippen LogP contribution in [0.25, 0.3) is 0 Å². The van der Waals surface area contributed by atoms with Crippen molar-refractivity contribution in [3.8, 4) is 0 Å². The number of nitrogen functional groups attached to an aromatic ring is 1. The Kier molecular flexibility index (Phi) is 6.68. The molecule has 0 aliphatic rings. The molecule has 0 aliphatic carbocycles. The van der Waals surface area contributed by atoms with Crippen molar-refractivity contribution in [2.75, 3.05) is 37.0 Å². The Morgan fingerprint density at radius 1 is 1.50 bits per heavy atom. The number of carbonyl (C=O) groups excluding carboxylic acids is 1. The van der Waals surface area contributed by atoms with Crippen LogP contribution < -0.4 is 16.0 Å². The van der Waals surface area contributed by atoms with Crippen LogP contribution in [0.15, 0.2) is 4.90 Å². The van der Waals surface area contributed by atoms with Gasteiger partial charge in [0.1, 0.15) is 9.88 Å². The molecule has 0 saturated heterocycles. The van der Waals surface area contributed by atoms with Crippen LogP contribution in [0.3, 0.4) is 0 Å². The summed E-state index contributed by atoms with van der Waals surface area (Å²) in [6, 6.07) is 0. The van der Waals surface area contributed by atoms with E-state index < -0.39 is 0 Å². The normalized spacial score (nSPS) is 10.9. The molecule has 0 unspecified atom stereocenters. The first-order valence-electron chi connectivity index (χ1n) is 6.87. The minimum atomic E-state index is -0.0613. The van der Waals surface area contributed by atoms with Crippen LogP contribution in [0.5, 0.6) is 0 Å². The van der Waals surface area contributed by atoms with Crippen LogP contribution in [0.4, 0.5) is 10.7 Å². The van der Waals surface area contributed by atoms with E-state index in [4.69, 9.17) is 5.73 Å². The number of hydrogen-bond donors (Lipinski definition) is 2. The highest BCUT2D eigenvalue weighted by Crippen LogP contribution is 2.43. The van der Waals surface area contributed by atoms with Gasteiger partial charge in [0.2, 0.25) is 0 Å². The topological polar surface area (TPSA) is 58.4 Å². The zero-order chi connectivity index (χ0) is 15.3. The molecule has 1 amide bonds. The maximum Gasteiger partial charge on any atom is 0.263 e. The minimum Gasteiger partial charge on any atom is -0.396 e. The second-order valence-corrected chi connectivity index (χ2v) is 7.03. The van der Waals surface area contributed by atoms with Crippen LogP contribution in [0.1, 0.15) is 36.9 Å². The molecular weight excluding hydrogens is 290 g/mol. The summed E-state index contributed by atoms with van der Waals surface area (Å²) < 4.78 is 0. The Balaban J connectivity index is 3.05. The van der Waals surface area contributed by atoms with E-state index in [1.165, 1.54) is 11.3 Å². The van der Waals surface area contributed by atoms with E-state index >= 15 is 0 Å². The molecular formula is C14H25N3OS2. The number of thiophene rings is 1. The van der Waals surface area contributed by atoms with Gasteiger partial charge < -0.3 is 16.0 Å². The van der Waals surface area contributed by atoms with E-state index in [2.05, 4.69) is 31.1 Å². The number of amides is 1. The molecule has 0 atom stereocenters. The molecule has 0 aromatic carbocycles. The van der Waals surface area contributed by atoms with Gasteiger partial charge in [0.25, 0.3) is 5.91 Å². The molecule has 1 rings (SSSR count). The monoisotopic (exact) mass is 315 g/mol. The number of nitrogens with two attached hydrogens (primary N) is 1. The van der Waals surface area contributed by atoms with E-state index in [-0.39, 0.29) is 5.91 Å². The molecule has 0 saturated carbocycles. The van der Waals surface area contributed by atoms with Crippen molar-refractivity contribution < 1.29 is 4.79 Å². The van der Waals surface area contributed by atoms with Gasteiger partial charge in [0, 0.05) is 20.1 Å². The smallest absolute Gasteiger partial charge is 0.263 e. The number of thioether (sulfide) groups is 1. The van der Waals surface area contributed by atoms with Gasteiger partial charge in [-0.2, -0.15) is 0 Å². The lowest BCUT2D eigenvalue weighted by atomic mass is 10.2. The lowest BCUT2D eigenvalue weighted by Crippen LogP contribution is -2.23. The standard InChI is InChI=1S/C14H25N3OS2/c1-6-7-16-13(18)11-10(15)12(19-5)14(20-11)17(4)8-9(2)3/h9H,6-8,15H2,1-5H3,(H,16,18). The van der Waals surface area contributed by atoms with E-state index in [0.717, 1.165) is 22.9 Å². The van der Waals surface area contributed by atoms with Gasteiger partial charge in [-0.1, -0.05) is 20.8 Å². The molecule has 1 heterocycles. The van der Waals surface area contributed by atoms with E-state index in [9.17, 15) is 4.79 Å². The Bertz CT molecular complexity index is 458. The van der Waals surface area contributed by atoms with E-state index in [0.29, 0.717) is 23.0 Å². The van der Waals surface area contributed by atoms with Gasteiger partial charge in [-0.15, -0.1) is 23.1 Å². The maximum absolute atomic E-state index is 12.1. The summed E-state index contributed by atoms with van der Waals surface area (Å²) in [7, 11) is 2.05. The fourth-order valence-corrected chi connectivity index (χ4v) is 4.08. The zero-order valence-corrected chi connectivity index (χ0v) is 14.6. The molecule has 0 fully saturated rings. The lowest BCUT2D eigenvalue weighted by molar-refractivity contribution is 0.0958. The molecule has 0 bridgehead atoms. The van der Waals surface area contributed by atoms with Crippen molar-refractivity contribution in [3.05, 3.63) is 4.88 Å². The second-order valence-electron chi connectivity index (χ2n) is 5.21. The molecule has 6 heteroatoms. The van der Waals surface area contributed by atoms with E-state index in [1.54, 1.807) is 11.8 Å². The highest BCUT2D eigenvalue weighted by molar-refractivity contribution is 7.99. The molecule has 3 N–H and O–H groups in total. The number of rotatable bonds is 7. The highest BCUT2D eigenvalue weighted by atomic mass is 32.2. The Hall–Kier alpha value is -0.880. The Labute approximate surface area is 130 Å². The van der Waals surface area contributed by atoms with Crippen molar-refractivity contribution in [1.82, 2.24) is 5.32 Å². The molecule has 0 aliphatic heterocycles. The summed E-state index contributed by atoms with van der Waals surface area (Å²) in [5.74, 6) is 0.504. The third kappa shape index (κ3) is 4.06. The summed E-state index contributed by atoms with van der Waals surface area (Å²) in [6.45, 7) is 8.03. The third-order valence-electron chi connectivity index (χ3n) is 2.81.